The molecule has 3 rings (SSSR count). The van der Waals surface area contributed by atoms with E-state index in [0.717, 1.165) is 50.9 Å². The van der Waals surface area contributed by atoms with Crippen LogP contribution in [0.2, 0.25) is 0 Å². The topological polar surface area (TPSA) is 31.2 Å². The number of nitrogens with zero attached hydrogens (tertiary/aromatic N) is 1. The predicted molar refractivity (Wildman–Crippen MR) is 70.0 cm³/mol. The lowest BCUT2D eigenvalue weighted by atomic mass is 9.91. The molecule has 1 aromatic rings. The molecule has 1 aromatic heterocycles. The van der Waals surface area contributed by atoms with Gasteiger partial charge in [0.25, 0.3) is 0 Å². The smallest absolute Gasteiger partial charge is 0.164 e. The summed E-state index contributed by atoms with van der Waals surface area (Å²) >= 11 is 0. The van der Waals surface area contributed by atoms with E-state index in [9.17, 15) is 4.79 Å². The molecule has 0 saturated carbocycles. The molecule has 0 aromatic carbocycles. The fourth-order valence-corrected chi connectivity index (χ4v) is 3.36. The van der Waals surface area contributed by atoms with Crippen LogP contribution in [0.25, 0.3) is 0 Å². The first kappa shape index (κ1) is 12.0. The van der Waals surface area contributed by atoms with Crippen molar-refractivity contribution < 1.29 is 9.53 Å². The number of aromatic nitrogens is 1. The second-order valence-corrected chi connectivity index (χ2v) is 5.55. The first-order valence-corrected chi connectivity index (χ1v) is 7.08. The van der Waals surface area contributed by atoms with Gasteiger partial charge in [0.2, 0.25) is 0 Å². The molecular formula is C15H21NO2. The highest BCUT2D eigenvalue weighted by Gasteiger charge is 2.26. The van der Waals surface area contributed by atoms with Crippen molar-refractivity contribution in [3.8, 4) is 0 Å². The van der Waals surface area contributed by atoms with Gasteiger partial charge >= 0.3 is 0 Å². The van der Waals surface area contributed by atoms with E-state index in [1.54, 1.807) is 0 Å². The normalized spacial score (nSPS) is 22.8. The second kappa shape index (κ2) is 4.88. The summed E-state index contributed by atoms with van der Waals surface area (Å²) in [5, 5.41) is 0. The molecule has 0 N–H and O–H groups in total. The van der Waals surface area contributed by atoms with Crippen LogP contribution in [0, 0.1) is 5.92 Å². The van der Waals surface area contributed by atoms with Crippen LogP contribution in [-0.4, -0.2) is 23.6 Å². The van der Waals surface area contributed by atoms with Gasteiger partial charge in [-0.3, -0.25) is 4.79 Å². The Balaban J connectivity index is 1.85. The SMILES string of the molecule is CC(C1CCOCC1)n1ccc2c1CCCC2=O. The van der Waals surface area contributed by atoms with Crippen LogP contribution in [0.1, 0.15) is 54.7 Å². The molecular weight excluding hydrogens is 226 g/mol. The molecule has 3 nitrogen and oxygen atoms in total. The maximum Gasteiger partial charge on any atom is 0.164 e. The molecule has 1 aliphatic heterocycles. The zero-order valence-electron chi connectivity index (χ0n) is 11.0. The Labute approximate surface area is 108 Å². The summed E-state index contributed by atoms with van der Waals surface area (Å²) in [6, 6.07) is 2.51. The van der Waals surface area contributed by atoms with Gasteiger partial charge in [0.15, 0.2) is 5.78 Å². The minimum atomic E-state index is 0.328. The van der Waals surface area contributed by atoms with Crippen molar-refractivity contribution in [2.75, 3.05) is 13.2 Å². The first-order chi connectivity index (χ1) is 8.77. The first-order valence-electron chi connectivity index (χ1n) is 7.08. The summed E-state index contributed by atoms with van der Waals surface area (Å²) < 4.78 is 7.78. The summed E-state index contributed by atoms with van der Waals surface area (Å²) in [6.07, 6.45) is 7.19. The number of carbonyl (C=O) groups excluding carboxylic acids is 1. The van der Waals surface area contributed by atoms with E-state index in [-0.39, 0.29) is 0 Å². The molecule has 1 aliphatic carbocycles. The number of rotatable bonds is 2. The molecule has 2 aliphatic rings. The van der Waals surface area contributed by atoms with Gasteiger partial charge in [-0.15, -0.1) is 0 Å². The predicted octanol–water partition coefficient (Wildman–Crippen LogP) is 2.99. The van der Waals surface area contributed by atoms with Crippen molar-refractivity contribution in [3.63, 3.8) is 0 Å². The van der Waals surface area contributed by atoms with Crippen LogP contribution < -0.4 is 0 Å². The monoisotopic (exact) mass is 247 g/mol. The molecule has 2 heterocycles. The van der Waals surface area contributed by atoms with E-state index in [1.807, 2.05) is 6.07 Å². The zero-order chi connectivity index (χ0) is 12.5. The van der Waals surface area contributed by atoms with Gasteiger partial charge in [-0.05, 0) is 44.6 Å². The van der Waals surface area contributed by atoms with Gasteiger partial charge in [0.1, 0.15) is 0 Å². The molecule has 1 fully saturated rings. The minimum absolute atomic E-state index is 0.328. The summed E-state index contributed by atoms with van der Waals surface area (Å²) in [5.74, 6) is 1.02. The van der Waals surface area contributed by atoms with Crippen LogP contribution in [0.3, 0.4) is 0 Å². The highest BCUT2D eigenvalue weighted by Crippen LogP contribution is 2.32. The molecule has 3 heteroatoms. The van der Waals surface area contributed by atoms with E-state index in [4.69, 9.17) is 4.74 Å². The van der Waals surface area contributed by atoms with Crippen molar-refractivity contribution in [1.29, 1.82) is 0 Å². The second-order valence-electron chi connectivity index (χ2n) is 5.55. The van der Waals surface area contributed by atoms with Crippen molar-refractivity contribution in [2.24, 2.45) is 5.92 Å². The van der Waals surface area contributed by atoms with E-state index >= 15 is 0 Å². The van der Waals surface area contributed by atoms with E-state index in [2.05, 4.69) is 17.7 Å². The number of hydrogen-bond donors (Lipinski definition) is 0. The van der Waals surface area contributed by atoms with E-state index < -0.39 is 0 Å². The Hall–Kier alpha value is -1.09. The average Bonchev–Trinajstić information content (AvgIpc) is 2.84. The van der Waals surface area contributed by atoms with Crippen molar-refractivity contribution >= 4 is 5.78 Å². The number of Topliss-reactive ketones (excluding diaryl/α,β-unsaturated/α-hetero) is 1. The highest BCUT2D eigenvalue weighted by atomic mass is 16.5. The quantitative estimate of drug-likeness (QED) is 0.804. The van der Waals surface area contributed by atoms with Gasteiger partial charge in [-0.2, -0.15) is 0 Å². The van der Waals surface area contributed by atoms with Crippen LogP contribution in [-0.2, 0) is 11.2 Å². The number of ether oxygens (including phenoxy) is 1. The van der Waals surface area contributed by atoms with Crippen molar-refractivity contribution in [3.05, 3.63) is 23.5 Å². The standard InChI is InChI=1S/C15H21NO2/c1-11(12-6-9-18-10-7-12)16-8-5-13-14(16)3-2-4-15(13)17/h5,8,11-12H,2-4,6-7,9-10H2,1H3. The van der Waals surface area contributed by atoms with Crippen LogP contribution in [0.5, 0.6) is 0 Å². The number of carbonyl (C=O) groups is 1. The molecule has 0 bridgehead atoms. The Morgan fingerprint density at radius 3 is 2.89 bits per heavy atom. The lowest BCUT2D eigenvalue weighted by Gasteiger charge is -2.30. The molecule has 1 atom stereocenters. The van der Waals surface area contributed by atoms with Crippen LogP contribution in [0.15, 0.2) is 12.3 Å². The van der Waals surface area contributed by atoms with Gasteiger partial charge in [0, 0.05) is 43.1 Å². The fraction of sp³-hybridized carbons (Fsp3) is 0.667. The van der Waals surface area contributed by atoms with Crippen molar-refractivity contribution in [1.82, 2.24) is 4.57 Å². The van der Waals surface area contributed by atoms with E-state index in [0.29, 0.717) is 17.7 Å². The molecule has 0 radical (unpaired) electrons. The fourth-order valence-electron chi connectivity index (χ4n) is 3.36. The maximum absolute atomic E-state index is 11.9. The molecule has 98 valence electrons. The zero-order valence-corrected chi connectivity index (χ0v) is 11.0. The third kappa shape index (κ3) is 2.01. The minimum Gasteiger partial charge on any atom is -0.381 e. The Kier molecular flexibility index (Phi) is 3.25. The molecule has 0 spiro atoms. The number of ketones is 1. The Morgan fingerprint density at radius 1 is 1.33 bits per heavy atom. The summed E-state index contributed by atoms with van der Waals surface area (Å²) in [6.45, 7) is 4.06. The molecule has 1 unspecified atom stereocenters. The summed E-state index contributed by atoms with van der Waals surface area (Å²) in [4.78, 5) is 11.9. The third-order valence-corrected chi connectivity index (χ3v) is 4.53. The summed E-state index contributed by atoms with van der Waals surface area (Å²) in [7, 11) is 0. The number of hydrogen-bond acceptors (Lipinski definition) is 2. The van der Waals surface area contributed by atoms with E-state index in [1.165, 1.54) is 5.69 Å². The van der Waals surface area contributed by atoms with Crippen LogP contribution >= 0.6 is 0 Å². The molecule has 18 heavy (non-hydrogen) atoms. The van der Waals surface area contributed by atoms with Crippen molar-refractivity contribution in [2.45, 2.75) is 45.1 Å². The molecule has 1 saturated heterocycles. The van der Waals surface area contributed by atoms with Gasteiger partial charge in [-0.1, -0.05) is 0 Å². The van der Waals surface area contributed by atoms with Gasteiger partial charge in [0.05, 0.1) is 0 Å². The number of fused-ring (bicyclic) bond motifs is 1. The third-order valence-electron chi connectivity index (χ3n) is 4.53. The Morgan fingerprint density at radius 2 is 2.11 bits per heavy atom. The highest BCUT2D eigenvalue weighted by molar-refractivity contribution is 5.98. The largest absolute Gasteiger partial charge is 0.381 e. The molecule has 0 amide bonds. The Bertz CT molecular complexity index is 443. The lowest BCUT2D eigenvalue weighted by Crippen LogP contribution is -2.25. The maximum atomic E-state index is 11.9. The van der Waals surface area contributed by atoms with Gasteiger partial charge < -0.3 is 9.30 Å². The van der Waals surface area contributed by atoms with Gasteiger partial charge in [-0.25, -0.2) is 0 Å². The lowest BCUT2D eigenvalue weighted by molar-refractivity contribution is 0.0509. The van der Waals surface area contributed by atoms with Crippen LogP contribution in [0.4, 0.5) is 0 Å². The average molecular weight is 247 g/mol. The summed E-state index contributed by atoms with van der Waals surface area (Å²) in [5.41, 5.74) is 2.24.